The number of halogens is 1. The van der Waals surface area contributed by atoms with Crippen molar-refractivity contribution in [3.8, 4) is 11.5 Å². The van der Waals surface area contributed by atoms with E-state index in [2.05, 4.69) is 15.6 Å². The summed E-state index contributed by atoms with van der Waals surface area (Å²) < 4.78 is 10.6. The van der Waals surface area contributed by atoms with Gasteiger partial charge in [0.05, 0.1) is 13.7 Å². The van der Waals surface area contributed by atoms with E-state index in [1.807, 2.05) is 33.8 Å². The summed E-state index contributed by atoms with van der Waals surface area (Å²) >= 11 is 0. The average Bonchev–Trinajstić information content (AvgIpc) is 2.65. The third-order valence-corrected chi connectivity index (χ3v) is 4.42. The predicted octanol–water partition coefficient (Wildman–Crippen LogP) is 3.47. The van der Waals surface area contributed by atoms with Gasteiger partial charge in [0, 0.05) is 25.7 Å². The Morgan fingerprint density at radius 2 is 2.10 bits per heavy atom. The Kier molecular flexibility index (Phi) is 10.5. The van der Waals surface area contributed by atoms with Crippen LogP contribution in [-0.2, 0) is 11.3 Å². The third-order valence-electron chi connectivity index (χ3n) is 4.42. The summed E-state index contributed by atoms with van der Waals surface area (Å²) in [5, 5.41) is 16.6. The van der Waals surface area contributed by atoms with Gasteiger partial charge in [-0.2, -0.15) is 0 Å². The molecule has 0 aliphatic carbocycles. The number of hydrogen-bond acceptors (Lipinski definition) is 5. The van der Waals surface area contributed by atoms with E-state index in [0.29, 0.717) is 31.3 Å². The standard InChI is InChI=1S/C21H34N4O4.HI/c1-6-22-19(23-13-15-9-10-18(28-5)17(26)12-15)24-16-8-7-11-25(14-16)20(27)29-21(2,3)4;/h9-10,12,16,26H,6-8,11,13-14H2,1-5H3,(H2,22,23,24);1H. The smallest absolute Gasteiger partial charge is 0.410 e. The van der Waals surface area contributed by atoms with Crippen molar-refractivity contribution in [3.63, 3.8) is 0 Å². The van der Waals surface area contributed by atoms with Gasteiger partial charge in [-0.1, -0.05) is 6.07 Å². The van der Waals surface area contributed by atoms with Gasteiger partial charge in [0.2, 0.25) is 0 Å². The highest BCUT2D eigenvalue weighted by molar-refractivity contribution is 14.0. The number of phenolic OH excluding ortho intramolecular Hbond substituents is 1. The van der Waals surface area contributed by atoms with Gasteiger partial charge < -0.3 is 30.1 Å². The second-order valence-electron chi connectivity index (χ2n) is 8.11. The number of phenols is 1. The van der Waals surface area contributed by atoms with E-state index in [4.69, 9.17) is 9.47 Å². The molecule has 1 aliphatic heterocycles. The fourth-order valence-electron chi connectivity index (χ4n) is 3.10. The lowest BCUT2D eigenvalue weighted by Gasteiger charge is -2.35. The molecule has 170 valence electrons. The minimum atomic E-state index is -0.502. The molecular weight excluding hydrogens is 499 g/mol. The first-order chi connectivity index (χ1) is 13.7. The molecule has 9 heteroatoms. The first-order valence-corrected chi connectivity index (χ1v) is 10.1. The normalized spacial score (nSPS) is 17.0. The number of hydrogen-bond donors (Lipinski definition) is 3. The molecule has 0 radical (unpaired) electrons. The minimum absolute atomic E-state index is 0. The zero-order valence-corrected chi connectivity index (χ0v) is 20.9. The number of carbonyl (C=O) groups is 1. The molecule has 1 atom stereocenters. The molecule has 2 rings (SSSR count). The summed E-state index contributed by atoms with van der Waals surface area (Å²) in [7, 11) is 1.52. The summed E-state index contributed by atoms with van der Waals surface area (Å²) in [6, 6.07) is 5.34. The van der Waals surface area contributed by atoms with Gasteiger partial charge in [-0.25, -0.2) is 9.79 Å². The van der Waals surface area contributed by atoms with Gasteiger partial charge in [-0.05, 0) is 58.2 Å². The molecule has 0 bridgehead atoms. The van der Waals surface area contributed by atoms with E-state index in [1.165, 1.54) is 7.11 Å². The number of aliphatic imine (C=N–C) groups is 1. The predicted molar refractivity (Wildman–Crippen MR) is 129 cm³/mol. The summed E-state index contributed by atoms with van der Waals surface area (Å²) in [5.74, 6) is 1.21. The van der Waals surface area contributed by atoms with Crippen molar-refractivity contribution in [3.05, 3.63) is 23.8 Å². The Bertz CT molecular complexity index is 721. The van der Waals surface area contributed by atoms with Crippen LogP contribution < -0.4 is 15.4 Å². The van der Waals surface area contributed by atoms with Crippen LogP contribution >= 0.6 is 24.0 Å². The fraction of sp³-hybridized carbons (Fsp3) is 0.619. The molecule has 1 aliphatic rings. The van der Waals surface area contributed by atoms with Crippen molar-refractivity contribution in [1.29, 1.82) is 0 Å². The third kappa shape index (κ3) is 8.45. The van der Waals surface area contributed by atoms with E-state index < -0.39 is 5.60 Å². The minimum Gasteiger partial charge on any atom is -0.504 e. The second-order valence-corrected chi connectivity index (χ2v) is 8.11. The number of methoxy groups -OCH3 is 1. The van der Waals surface area contributed by atoms with Crippen LogP contribution in [-0.4, -0.2) is 60.4 Å². The lowest BCUT2D eigenvalue weighted by Crippen LogP contribution is -2.53. The number of nitrogens with one attached hydrogen (secondary N) is 2. The molecule has 1 saturated heterocycles. The zero-order chi connectivity index (χ0) is 21.4. The molecule has 1 aromatic rings. The maximum Gasteiger partial charge on any atom is 0.410 e. The Labute approximate surface area is 196 Å². The monoisotopic (exact) mass is 534 g/mol. The highest BCUT2D eigenvalue weighted by atomic mass is 127. The van der Waals surface area contributed by atoms with Gasteiger partial charge in [0.15, 0.2) is 17.5 Å². The Morgan fingerprint density at radius 3 is 2.70 bits per heavy atom. The number of aromatic hydroxyl groups is 1. The van der Waals surface area contributed by atoms with Crippen LogP contribution in [0, 0.1) is 0 Å². The van der Waals surface area contributed by atoms with E-state index in [0.717, 1.165) is 24.9 Å². The average molecular weight is 534 g/mol. The number of likely N-dealkylation sites (tertiary alicyclic amines) is 1. The lowest BCUT2D eigenvalue weighted by molar-refractivity contribution is 0.0193. The number of piperidine rings is 1. The Hall–Kier alpha value is -1.91. The number of amides is 1. The molecule has 3 N–H and O–H groups in total. The van der Waals surface area contributed by atoms with Gasteiger partial charge in [0.1, 0.15) is 5.60 Å². The summed E-state index contributed by atoms with van der Waals surface area (Å²) in [5.41, 5.74) is 0.372. The molecule has 1 unspecified atom stereocenters. The maximum absolute atomic E-state index is 12.4. The molecular formula is C21H35IN4O4. The van der Waals surface area contributed by atoms with Crippen molar-refractivity contribution < 1.29 is 19.4 Å². The van der Waals surface area contributed by atoms with E-state index in [1.54, 1.807) is 17.0 Å². The highest BCUT2D eigenvalue weighted by Gasteiger charge is 2.28. The number of nitrogens with zero attached hydrogens (tertiary/aromatic N) is 2. The Balaban J connectivity index is 0.00000450. The first kappa shape index (κ1) is 26.1. The van der Waals surface area contributed by atoms with Crippen LogP contribution in [0.5, 0.6) is 11.5 Å². The zero-order valence-electron chi connectivity index (χ0n) is 18.5. The maximum atomic E-state index is 12.4. The molecule has 0 aromatic heterocycles. The van der Waals surface area contributed by atoms with Crippen molar-refractivity contribution >= 4 is 36.0 Å². The van der Waals surface area contributed by atoms with Crippen LogP contribution in [0.1, 0.15) is 46.1 Å². The van der Waals surface area contributed by atoms with Crippen molar-refractivity contribution in [1.82, 2.24) is 15.5 Å². The number of carbonyl (C=O) groups excluding carboxylic acids is 1. The second kappa shape index (κ2) is 12.1. The van der Waals surface area contributed by atoms with Crippen molar-refractivity contribution in [2.24, 2.45) is 4.99 Å². The molecule has 8 nitrogen and oxygen atoms in total. The molecule has 1 amide bonds. The van der Waals surface area contributed by atoms with Crippen molar-refractivity contribution in [2.75, 3.05) is 26.7 Å². The number of benzene rings is 1. The Morgan fingerprint density at radius 1 is 1.37 bits per heavy atom. The first-order valence-electron chi connectivity index (χ1n) is 10.1. The highest BCUT2D eigenvalue weighted by Crippen LogP contribution is 2.26. The lowest BCUT2D eigenvalue weighted by atomic mass is 10.1. The van der Waals surface area contributed by atoms with Gasteiger partial charge in [-0.3, -0.25) is 0 Å². The van der Waals surface area contributed by atoms with E-state index in [-0.39, 0.29) is 41.9 Å². The van der Waals surface area contributed by atoms with Crippen LogP contribution in [0.4, 0.5) is 4.79 Å². The molecule has 0 saturated carbocycles. The summed E-state index contributed by atoms with van der Waals surface area (Å²) in [6.45, 7) is 10.0. The quantitative estimate of drug-likeness (QED) is 0.304. The van der Waals surface area contributed by atoms with Crippen LogP contribution in [0.25, 0.3) is 0 Å². The topological polar surface area (TPSA) is 95.4 Å². The largest absolute Gasteiger partial charge is 0.504 e. The van der Waals surface area contributed by atoms with Gasteiger partial charge in [0.25, 0.3) is 0 Å². The van der Waals surface area contributed by atoms with E-state index >= 15 is 0 Å². The number of guanidine groups is 1. The summed E-state index contributed by atoms with van der Waals surface area (Å²) in [4.78, 5) is 18.7. The van der Waals surface area contributed by atoms with E-state index in [9.17, 15) is 9.90 Å². The molecule has 30 heavy (non-hydrogen) atoms. The number of rotatable bonds is 5. The van der Waals surface area contributed by atoms with Crippen LogP contribution in [0.3, 0.4) is 0 Å². The molecule has 1 fully saturated rings. The molecule has 0 spiro atoms. The number of ether oxygens (including phenoxy) is 2. The van der Waals surface area contributed by atoms with Crippen molar-refractivity contribution in [2.45, 2.75) is 58.7 Å². The van der Waals surface area contributed by atoms with Crippen LogP contribution in [0.15, 0.2) is 23.2 Å². The molecule has 1 aromatic carbocycles. The fourth-order valence-corrected chi connectivity index (χ4v) is 3.10. The van der Waals surface area contributed by atoms with Gasteiger partial charge in [-0.15, -0.1) is 24.0 Å². The SMILES string of the molecule is CCNC(=NCc1ccc(OC)c(O)c1)NC1CCCN(C(=O)OC(C)(C)C)C1.I. The molecule has 1 heterocycles. The van der Waals surface area contributed by atoms with Gasteiger partial charge >= 0.3 is 6.09 Å². The summed E-state index contributed by atoms with van der Waals surface area (Å²) in [6.07, 6.45) is 1.58. The van der Waals surface area contributed by atoms with Crippen LogP contribution in [0.2, 0.25) is 0 Å².